The Balaban J connectivity index is 0.00000264. The molecule has 1 saturated carbocycles. The van der Waals surface area contributed by atoms with E-state index in [0.717, 1.165) is 58.4 Å². The van der Waals surface area contributed by atoms with Crippen LogP contribution in [-0.4, -0.2) is 68.1 Å². The van der Waals surface area contributed by atoms with E-state index in [1.54, 1.807) is 0 Å². The van der Waals surface area contributed by atoms with Crippen LogP contribution in [0.4, 0.5) is 0 Å². The number of rotatable bonds is 6. The molecule has 0 aromatic carbocycles. The van der Waals surface area contributed by atoms with Gasteiger partial charge in [-0.25, -0.2) is 0 Å². The van der Waals surface area contributed by atoms with Crippen molar-refractivity contribution >= 4 is 30.7 Å². The maximum atomic E-state index is 12.4. The Kier molecular flexibility index (Phi) is 11.5. The Hall–Kier alpha value is -0.0700. The van der Waals surface area contributed by atoms with E-state index in [-0.39, 0.29) is 30.7 Å². The largest absolute Gasteiger partial charge is 0.354 e. The van der Waals surface area contributed by atoms with Crippen LogP contribution >= 0.6 is 24.8 Å². The monoisotopic (exact) mass is 382 g/mol. The summed E-state index contributed by atoms with van der Waals surface area (Å²) < 4.78 is 0. The summed E-state index contributed by atoms with van der Waals surface area (Å²) in [5.74, 6) is 0.703. The third-order valence-corrected chi connectivity index (χ3v) is 5.32. The number of likely N-dealkylation sites (tertiary alicyclic amines) is 1. The Morgan fingerprint density at radius 3 is 2.29 bits per heavy atom. The van der Waals surface area contributed by atoms with Crippen molar-refractivity contribution in [1.82, 2.24) is 15.1 Å². The fourth-order valence-electron chi connectivity index (χ4n) is 3.58. The molecule has 0 unspecified atom stereocenters. The van der Waals surface area contributed by atoms with Crippen LogP contribution in [0.2, 0.25) is 0 Å². The van der Waals surface area contributed by atoms with E-state index in [4.69, 9.17) is 5.73 Å². The molecule has 2 aliphatic rings. The number of halogens is 2. The van der Waals surface area contributed by atoms with Gasteiger partial charge in [0.15, 0.2) is 0 Å². The normalized spacial score (nSPS) is 21.7. The summed E-state index contributed by atoms with van der Waals surface area (Å²) in [6, 6.07) is 0. The fourth-order valence-corrected chi connectivity index (χ4v) is 3.58. The number of likely N-dealkylation sites (N-methyl/N-ethyl adjacent to an activating group) is 1. The predicted molar refractivity (Wildman–Crippen MR) is 105 cm³/mol. The summed E-state index contributed by atoms with van der Waals surface area (Å²) in [6.07, 6.45) is 7.47. The van der Waals surface area contributed by atoms with Gasteiger partial charge in [-0.2, -0.15) is 0 Å². The van der Waals surface area contributed by atoms with Crippen LogP contribution in [0.15, 0.2) is 0 Å². The third-order valence-electron chi connectivity index (χ3n) is 5.32. The van der Waals surface area contributed by atoms with E-state index in [2.05, 4.69) is 29.2 Å². The van der Waals surface area contributed by atoms with Crippen molar-refractivity contribution in [1.29, 1.82) is 0 Å². The van der Waals surface area contributed by atoms with Crippen LogP contribution in [0.25, 0.3) is 0 Å². The lowest BCUT2D eigenvalue weighted by Gasteiger charge is -2.35. The molecular formula is C17H36Cl2N4O. The minimum atomic E-state index is -0.593. The number of amides is 1. The highest BCUT2D eigenvalue weighted by atomic mass is 35.5. The predicted octanol–water partition coefficient (Wildman–Crippen LogP) is 1.88. The molecule has 2 fully saturated rings. The summed E-state index contributed by atoms with van der Waals surface area (Å²) in [5.41, 5.74) is 5.69. The second kappa shape index (κ2) is 11.5. The number of nitrogens with zero attached hydrogens (tertiary/aromatic N) is 2. The van der Waals surface area contributed by atoms with Gasteiger partial charge in [0.1, 0.15) is 0 Å². The molecule has 1 aliphatic carbocycles. The van der Waals surface area contributed by atoms with Crippen molar-refractivity contribution in [2.75, 3.05) is 46.8 Å². The first-order valence-corrected chi connectivity index (χ1v) is 8.94. The van der Waals surface area contributed by atoms with E-state index < -0.39 is 5.54 Å². The SMILES string of the molecule is CN(C)CCN1CCC(CNC(=O)C2(N)CCCCC2)CC1.Cl.Cl. The molecule has 1 heterocycles. The summed E-state index contributed by atoms with van der Waals surface area (Å²) >= 11 is 0. The van der Waals surface area contributed by atoms with Crippen molar-refractivity contribution in [2.45, 2.75) is 50.5 Å². The van der Waals surface area contributed by atoms with Crippen LogP contribution in [0.1, 0.15) is 44.9 Å². The van der Waals surface area contributed by atoms with Crippen molar-refractivity contribution < 1.29 is 4.79 Å². The standard InChI is InChI=1S/C17H34N4O.2ClH/c1-20(2)12-13-21-10-6-15(7-11-21)14-19-16(22)17(18)8-4-3-5-9-17;;/h15H,3-14,18H2,1-2H3,(H,19,22);2*1H. The van der Waals surface area contributed by atoms with Crippen LogP contribution in [0, 0.1) is 5.92 Å². The minimum absolute atomic E-state index is 0. The molecule has 1 aliphatic heterocycles. The molecule has 0 spiro atoms. The molecule has 1 amide bonds. The lowest BCUT2D eigenvalue weighted by molar-refractivity contribution is -0.127. The van der Waals surface area contributed by atoms with Crippen LogP contribution in [0.3, 0.4) is 0 Å². The average molecular weight is 383 g/mol. The molecule has 2 rings (SSSR count). The molecule has 7 heteroatoms. The second-order valence-electron chi connectivity index (χ2n) is 7.52. The van der Waals surface area contributed by atoms with E-state index >= 15 is 0 Å². The van der Waals surface area contributed by atoms with E-state index in [0.29, 0.717) is 5.92 Å². The van der Waals surface area contributed by atoms with Crippen molar-refractivity contribution in [3.8, 4) is 0 Å². The van der Waals surface area contributed by atoms with Crippen LogP contribution in [-0.2, 0) is 4.79 Å². The summed E-state index contributed by atoms with van der Waals surface area (Å²) in [4.78, 5) is 17.1. The maximum Gasteiger partial charge on any atom is 0.240 e. The molecule has 0 aromatic rings. The van der Waals surface area contributed by atoms with Crippen molar-refractivity contribution in [3.05, 3.63) is 0 Å². The van der Waals surface area contributed by atoms with Crippen molar-refractivity contribution in [2.24, 2.45) is 11.7 Å². The summed E-state index contributed by atoms with van der Waals surface area (Å²) in [6.45, 7) is 5.39. The zero-order chi connectivity index (χ0) is 16.0. The zero-order valence-electron chi connectivity index (χ0n) is 15.3. The van der Waals surface area contributed by atoms with Crippen molar-refractivity contribution in [3.63, 3.8) is 0 Å². The Bertz CT molecular complexity index is 354. The number of nitrogens with two attached hydrogens (primary N) is 1. The van der Waals surface area contributed by atoms with Gasteiger partial charge in [0.25, 0.3) is 0 Å². The molecular weight excluding hydrogens is 347 g/mol. The van der Waals surface area contributed by atoms with Gasteiger partial charge in [-0.3, -0.25) is 4.79 Å². The zero-order valence-corrected chi connectivity index (χ0v) is 16.9. The van der Waals surface area contributed by atoms with Gasteiger partial charge in [-0.05, 0) is 58.8 Å². The topological polar surface area (TPSA) is 61.6 Å². The Morgan fingerprint density at radius 2 is 1.75 bits per heavy atom. The summed E-state index contributed by atoms with van der Waals surface area (Å²) in [5, 5.41) is 3.14. The van der Waals surface area contributed by atoms with E-state index in [1.807, 2.05) is 0 Å². The summed E-state index contributed by atoms with van der Waals surface area (Å²) in [7, 11) is 4.24. The van der Waals surface area contributed by atoms with Gasteiger partial charge >= 0.3 is 0 Å². The number of carbonyl (C=O) groups is 1. The van der Waals surface area contributed by atoms with Gasteiger partial charge in [0.05, 0.1) is 5.54 Å². The van der Waals surface area contributed by atoms with Gasteiger partial charge in [-0.1, -0.05) is 19.3 Å². The van der Waals surface area contributed by atoms with Gasteiger partial charge < -0.3 is 20.9 Å². The van der Waals surface area contributed by atoms with Gasteiger partial charge in [0, 0.05) is 19.6 Å². The number of carbonyl (C=O) groups excluding carboxylic acids is 1. The molecule has 0 bridgehead atoms. The van der Waals surface area contributed by atoms with E-state index in [1.165, 1.54) is 19.3 Å². The average Bonchev–Trinajstić information content (AvgIpc) is 2.52. The maximum absolute atomic E-state index is 12.4. The lowest BCUT2D eigenvalue weighted by atomic mass is 9.81. The first-order valence-electron chi connectivity index (χ1n) is 8.94. The molecule has 3 N–H and O–H groups in total. The third kappa shape index (κ3) is 7.44. The highest BCUT2D eigenvalue weighted by Crippen LogP contribution is 2.26. The highest BCUT2D eigenvalue weighted by molar-refractivity contribution is 5.86. The van der Waals surface area contributed by atoms with Gasteiger partial charge in [-0.15, -0.1) is 24.8 Å². The molecule has 144 valence electrons. The Morgan fingerprint density at radius 1 is 1.17 bits per heavy atom. The number of nitrogens with one attached hydrogen (secondary N) is 1. The smallest absolute Gasteiger partial charge is 0.240 e. The van der Waals surface area contributed by atoms with E-state index in [9.17, 15) is 4.79 Å². The van der Waals surface area contributed by atoms with Gasteiger partial charge in [0.2, 0.25) is 5.91 Å². The first-order chi connectivity index (χ1) is 10.5. The fraction of sp³-hybridized carbons (Fsp3) is 0.941. The number of hydrogen-bond donors (Lipinski definition) is 2. The number of piperidine rings is 1. The molecule has 5 nitrogen and oxygen atoms in total. The Labute approximate surface area is 159 Å². The molecule has 0 aromatic heterocycles. The minimum Gasteiger partial charge on any atom is -0.354 e. The molecule has 1 saturated heterocycles. The quantitative estimate of drug-likeness (QED) is 0.735. The first kappa shape index (κ1) is 23.9. The lowest BCUT2D eigenvalue weighted by Crippen LogP contribution is -2.56. The number of hydrogen-bond acceptors (Lipinski definition) is 4. The van der Waals surface area contributed by atoms with Crippen LogP contribution < -0.4 is 11.1 Å². The highest BCUT2D eigenvalue weighted by Gasteiger charge is 2.35. The molecule has 24 heavy (non-hydrogen) atoms. The molecule has 0 radical (unpaired) electrons. The van der Waals surface area contributed by atoms with Crippen LogP contribution in [0.5, 0.6) is 0 Å². The second-order valence-corrected chi connectivity index (χ2v) is 7.52. The molecule has 0 atom stereocenters.